The van der Waals surface area contributed by atoms with Gasteiger partial charge in [0.25, 0.3) is 0 Å². The number of carboxylic acid groups (broad SMARTS) is 1. The summed E-state index contributed by atoms with van der Waals surface area (Å²) >= 11 is 6.30. The highest BCUT2D eigenvalue weighted by molar-refractivity contribution is 6.31. The minimum atomic E-state index is -4.48. The number of halogens is 4. The van der Waals surface area contributed by atoms with Crippen LogP contribution in [0.25, 0.3) is 0 Å². The van der Waals surface area contributed by atoms with Crippen molar-refractivity contribution < 1.29 is 37.3 Å². The van der Waals surface area contributed by atoms with Gasteiger partial charge >= 0.3 is 18.2 Å². The lowest BCUT2D eigenvalue weighted by molar-refractivity contribution is -0.144. The molecule has 34 heavy (non-hydrogen) atoms. The third kappa shape index (κ3) is 8.13. The average molecular weight is 502 g/mol. The standard InChI is InChI=1S/C24H27ClF3NO5/c1-22(2,3)34-21(32)29-23(4,20(30)31)12-6-7-15-10-11-18(14-19(15)25)33-17-9-5-8-16(13-17)24(26,27)28/h5,8-11,13-14H,6-7,12H2,1-4H3,(H,29,32)(H,30,31). The van der Waals surface area contributed by atoms with E-state index in [4.69, 9.17) is 21.1 Å². The summed E-state index contributed by atoms with van der Waals surface area (Å²) in [6.07, 6.45) is -4.41. The lowest BCUT2D eigenvalue weighted by Crippen LogP contribution is -2.53. The molecule has 0 aliphatic rings. The topological polar surface area (TPSA) is 84.9 Å². The fourth-order valence-electron chi connectivity index (χ4n) is 3.05. The molecule has 0 spiro atoms. The van der Waals surface area contributed by atoms with E-state index < -0.39 is 34.9 Å². The number of ether oxygens (including phenoxy) is 2. The number of alkyl halides is 3. The van der Waals surface area contributed by atoms with Gasteiger partial charge in [-0.25, -0.2) is 9.59 Å². The van der Waals surface area contributed by atoms with Crippen LogP contribution < -0.4 is 10.1 Å². The number of hydrogen-bond acceptors (Lipinski definition) is 4. The fourth-order valence-corrected chi connectivity index (χ4v) is 3.32. The Hall–Kier alpha value is -2.94. The summed E-state index contributed by atoms with van der Waals surface area (Å²) in [4.78, 5) is 23.8. The van der Waals surface area contributed by atoms with E-state index in [1.807, 2.05) is 0 Å². The quantitative estimate of drug-likeness (QED) is 0.413. The molecule has 6 nitrogen and oxygen atoms in total. The molecule has 2 N–H and O–H groups in total. The largest absolute Gasteiger partial charge is 0.480 e. The van der Waals surface area contributed by atoms with Gasteiger partial charge in [-0.1, -0.05) is 23.7 Å². The maximum absolute atomic E-state index is 12.9. The van der Waals surface area contributed by atoms with Crippen LogP contribution >= 0.6 is 11.6 Å². The maximum Gasteiger partial charge on any atom is 0.416 e. The average Bonchev–Trinajstić information content (AvgIpc) is 2.67. The van der Waals surface area contributed by atoms with Crippen LogP contribution in [0.4, 0.5) is 18.0 Å². The van der Waals surface area contributed by atoms with Gasteiger partial charge in [-0.05, 0) is 82.9 Å². The fraction of sp³-hybridized carbons (Fsp3) is 0.417. The highest BCUT2D eigenvalue weighted by Gasteiger charge is 2.36. The lowest BCUT2D eigenvalue weighted by atomic mass is 9.93. The number of amides is 1. The van der Waals surface area contributed by atoms with Crippen molar-refractivity contribution in [2.45, 2.75) is 64.3 Å². The van der Waals surface area contributed by atoms with E-state index in [1.165, 1.54) is 25.1 Å². The molecule has 1 atom stereocenters. The Balaban J connectivity index is 2.01. The SMILES string of the molecule is CC(C)(C)OC(=O)NC(C)(CCCc1ccc(Oc2cccc(C(F)(F)F)c2)cc1Cl)C(=O)O. The number of nitrogens with one attached hydrogen (secondary N) is 1. The molecule has 186 valence electrons. The zero-order chi connectivity index (χ0) is 25.7. The van der Waals surface area contributed by atoms with Crippen molar-refractivity contribution >= 4 is 23.7 Å². The molecule has 2 aromatic rings. The zero-order valence-electron chi connectivity index (χ0n) is 19.3. The number of carbonyl (C=O) groups is 2. The van der Waals surface area contributed by atoms with Gasteiger partial charge in [0.05, 0.1) is 5.56 Å². The zero-order valence-corrected chi connectivity index (χ0v) is 20.0. The maximum atomic E-state index is 12.9. The van der Waals surface area contributed by atoms with Crippen LogP contribution in [0.5, 0.6) is 11.5 Å². The van der Waals surface area contributed by atoms with Gasteiger partial charge in [-0.3, -0.25) is 0 Å². The van der Waals surface area contributed by atoms with Gasteiger partial charge in [-0.15, -0.1) is 0 Å². The molecule has 0 radical (unpaired) electrons. The second kappa shape index (κ2) is 10.5. The van der Waals surface area contributed by atoms with E-state index in [-0.39, 0.29) is 17.9 Å². The second-order valence-electron chi connectivity index (χ2n) is 9.00. The van der Waals surface area contributed by atoms with Crippen LogP contribution in [0.15, 0.2) is 42.5 Å². The number of rotatable bonds is 8. The molecular weight excluding hydrogens is 475 g/mol. The van der Waals surface area contributed by atoms with Crippen LogP contribution in [0.1, 0.15) is 51.7 Å². The summed E-state index contributed by atoms with van der Waals surface area (Å²) in [5, 5.41) is 12.3. The van der Waals surface area contributed by atoms with Crippen LogP contribution in [0.2, 0.25) is 5.02 Å². The molecular formula is C24H27ClF3NO5. The normalized spacial score (nSPS) is 13.6. The molecule has 2 rings (SSSR count). The van der Waals surface area contributed by atoms with Crippen LogP contribution in [0, 0.1) is 0 Å². The van der Waals surface area contributed by atoms with Crippen molar-refractivity contribution in [1.82, 2.24) is 5.32 Å². The first kappa shape index (κ1) is 27.3. The highest BCUT2D eigenvalue weighted by Crippen LogP contribution is 2.34. The lowest BCUT2D eigenvalue weighted by Gasteiger charge is -2.28. The van der Waals surface area contributed by atoms with E-state index >= 15 is 0 Å². The molecule has 10 heteroatoms. The summed E-state index contributed by atoms with van der Waals surface area (Å²) in [5.41, 5.74) is -2.44. The van der Waals surface area contributed by atoms with Gasteiger partial charge in [-0.2, -0.15) is 13.2 Å². The number of carbonyl (C=O) groups excluding carboxylic acids is 1. The van der Waals surface area contributed by atoms with Gasteiger partial charge in [0.15, 0.2) is 0 Å². The summed E-state index contributed by atoms with van der Waals surface area (Å²) in [6.45, 7) is 6.42. The van der Waals surface area contributed by atoms with Gasteiger partial charge in [0.2, 0.25) is 0 Å². The third-order valence-electron chi connectivity index (χ3n) is 4.79. The Morgan fingerprint density at radius 1 is 1.03 bits per heavy atom. The predicted octanol–water partition coefficient (Wildman–Crippen LogP) is 6.84. The summed E-state index contributed by atoms with van der Waals surface area (Å²) < 4.78 is 49.3. The molecule has 0 fully saturated rings. The van der Waals surface area contributed by atoms with Crippen molar-refractivity contribution in [2.24, 2.45) is 0 Å². The molecule has 0 saturated heterocycles. The molecule has 0 aliphatic carbocycles. The molecule has 0 aromatic heterocycles. The number of carboxylic acids is 1. The van der Waals surface area contributed by atoms with Crippen molar-refractivity contribution in [3.63, 3.8) is 0 Å². The summed E-state index contributed by atoms with van der Waals surface area (Å²) in [7, 11) is 0. The van der Waals surface area contributed by atoms with Gasteiger partial charge in [0, 0.05) is 5.02 Å². The van der Waals surface area contributed by atoms with Crippen molar-refractivity contribution in [2.75, 3.05) is 0 Å². The van der Waals surface area contributed by atoms with Crippen LogP contribution in [-0.2, 0) is 22.1 Å². The number of alkyl carbamates (subject to hydrolysis) is 1. The summed E-state index contributed by atoms with van der Waals surface area (Å²) in [5.74, 6) is -0.923. The monoisotopic (exact) mass is 501 g/mol. The number of hydrogen-bond donors (Lipinski definition) is 2. The Morgan fingerprint density at radius 2 is 1.68 bits per heavy atom. The van der Waals surface area contributed by atoms with E-state index in [2.05, 4.69) is 5.32 Å². The van der Waals surface area contributed by atoms with Gasteiger partial charge < -0.3 is 19.9 Å². The third-order valence-corrected chi connectivity index (χ3v) is 5.15. The van der Waals surface area contributed by atoms with Crippen molar-refractivity contribution in [1.29, 1.82) is 0 Å². The highest BCUT2D eigenvalue weighted by atomic mass is 35.5. The Kier molecular flexibility index (Phi) is 8.47. The number of aliphatic carboxylic acids is 1. The first-order chi connectivity index (χ1) is 15.6. The van der Waals surface area contributed by atoms with E-state index in [1.54, 1.807) is 32.9 Å². The number of benzene rings is 2. The molecule has 0 saturated carbocycles. The molecule has 1 unspecified atom stereocenters. The number of aryl methyl sites for hydroxylation is 1. The molecule has 0 aliphatic heterocycles. The minimum absolute atomic E-state index is 0.0177. The van der Waals surface area contributed by atoms with Gasteiger partial charge in [0.1, 0.15) is 22.6 Å². The summed E-state index contributed by atoms with van der Waals surface area (Å²) in [6, 6.07) is 9.20. The first-order valence-corrected chi connectivity index (χ1v) is 10.8. The van der Waals surface area contributed by atoms with Crippen molar-refractivity contribution in [3.8, 4) is 11.5 Å². The van der Waals surface area contributed by atoms with E-state index in [0.717, 1.165) is 12.1 Å². The minimum Gasteiger partial charge on any atom is -0.480 e. The van der Waals surface area contributed by atoms with Crippen molar-refractivity contribution in [3.05, 3.63) is 58.6 Å². The van der Waals surface area contributed by atoms with E-state index in [9.17, 15) is 27.9 Å². The predicted molar refractivity (Wildman–Crippen MR) is 121 cm³/mol. The molecule has 1 amide bonds. The Morgan fingerprint density at radius 3 is 2.24 bits per heavy atom. The molecule has 0 heterocycles. The Bertz CT molecular complexity index is 1040. The Labute approximate surface area is 201 Å². The van der Waals surface area contributed by atoms with E-state index in [0.29, 0.717) is 23.4 Å². The first-order valence-electron chi connectivity index (χ1n) is 10.5. The molecule has 2 aromatic carbocycles. The second-order valence-corrected chi connectivity index (χ2v) is 9.41. The molecule has 0 bridgehead atoms. The smallest absolute Gasteiger partial charge is 0.416 e. The van der Waals surface area contributed by atoms with Crippen LogP contribution in [-0.4, -0.2) is 28.3 Å². The van der Waals surface area contributed by atoms with Crippen LogP contribution in [0.3, 0.4) is 0 Å².